The van der Waals surface area contributed by atoms with Crippen LogP contribution in [0.2, 0.25) is 0 Å². The number of carbonyl (C=O) groups is 1. The molecule has 0 bridgehead atoms. The standard InChI is InChI=1S/C12H11N5O/c13-6-5-8-1-3-9(4-2-8)16-12(18)11-10(14)7-15-17-11/h1-4,7H,5,14H2,(H,15,17)(H,16,18). The largest absolute Gasteiger partial charge is 0.396 e. The fourth-order valence-corrected chi connectivity index (χ4v) is 1.47. The predicted octanol–water partition coefficient (Wildman–Crippen LogP) is 1.31. The summed E-state index contributed by atoms with van der Waals surface area (Å²) in [6.45, 7) is 0. The smallest absolute Gasteiger partial charge is 0.275 e. The van der Waals surface area contributed by atoms with E-state index in [4.69, 9.17) is 11.0 Å². The average molecular weight is 241 g/mol. The Morgan fingerprint density at radius 3 is 2.72 bits per heavy atom. The number of nitrogen functional groups attached to an aromatic ring is 1. The van der Waals surface area contributed by atoms with Gasteiger partial charge in [-0.3, -0.25) is 9.89 Å². The van der Waals surface area contributed by atoms with Crippen LogP contribution in [0.5, 0.6) is 0 Å². The van der Waals surface area contributed by atoms with Gasteiger partial charge >= 0.3 is 0 Å². The van der Waals surface area contributed by atoms with Crippen LogP contribution in [0.15, 0.2) is 30.5 Å². The first kappa shape index (κ1) is 11.7. The number of benzene rings is 1. The molecule has 0 saturated heterocycles. The van der Waals surface area contributed by atoms with Crippen molar-refractivity contribution in [1.29, 1.82) is 5.26 Å². The summed E-state index contributed by atoms with van der Waals surface area (Å²) in [5.41, 5.74) is 7.63. The molecule has 1 heterocycles. The molecule has 2 aromatic rings. The van der Waals surface area contributed by atoms with Crippen LogP contribution in [0.3, 0.4) is 0 Å². The van der Waals surface area contributed by atoms with Crippen LogP contribution in [0, 0.1) is 11.3 Å². The summed E-state index contributed by atoms with van der Waals surface area (Å²) >= 11 is 0. The van der Waals surface area contributed by atoms with Gasteiger partial charge in [0, 0.05) is 5.69 Å². The van der Waals surface area contributed by atoms with Gasteiger partial charge in [-0.1, -0.05) is 12.1 Å². The van der Waals surface area contributed by atoms with Gasteiger partial charge in [-0.25, -0.2) is 0 Å². The fraction of sp³-hybridized carbons (Fsp3) is 0.0833. The number of hydrogen-bond acceptors (Lipinski definition) is 4. The Kier molecular flexibility index (Phi) is 3.25. The lowest BCUT2D eigenvalue weighted by atomic mass is 10.1. The minimum absolute atomic E-state index is 0.233. The molecule has 0 fully saturated rings. The summed E-state index contributed by atoms with van der Waals surface area (Å²) in [6, 6.07) is 9.10. The van der Waals surface area contributed by atoms with Gasteiger partial charge in [-0.2, -0.15) is 10.4 Å². The van der Waals surface area contributed by atoms with E-state index in [-0.39, 0.29) is 11.6 Å². The van der Waals surface area contributed by atoms with Crippen molar-refractivity contribution in [2.45, 2.75) is 6.42 Å². The molecule has 1 aromatic heterocycles. The lowest BCUT2D eigenvalue weighted by molar-refractivity contribution is 0.102. The number of nitrogens with two attached hydrogens (primary N) is 1. The predicted molar refractivity (Wildman–Crippen MR) is 66.7 cm³/mol. The van der Waals surface area contributed by atoms with Crippen molar-refractivity contribution < 1.29 is 4.79 Å². The van der Waals surface area contributed by atoms with Gasteiger partial charge in [-0.15, -0.1) is 0 Å². The lowest BCUT2D eigenvalue weighted by Crippen LogP contribution is -2.14. The van der Waals surface area contributed by atoms with E-state index in [0.717, 1.165) is 5.56 Å². The molecular formula is C12H11N5O. The highest BCUT2D eigenvalue weighted by molar-refractivity contribution is 6.06. The summed E-state index contributed by atoms with van der Waals surface area (Å²) in [6.07, 6.45) is 1.73. The number of rotatable bonds is 3. The highest BCUT2D eigenvalue weighted by atomic mass is 16.1. The van der Waals surface area contributed by atoms with E-state index in [9.17, 15) is 4.79 Å². The Morgan fingerprint density at radius 2 is 2.17 bits per heavy atom. The number of aromatic amines is 1. The van der Waals surface area contributed by atoms with E-state index in [0.29, 0.717) is 17.8 Å². The van der Waals surface area contributed by atoms with Crippen LogP contribution in [0.25, 0.3) is 0 Å². The summed E-state index contributed by atoms with van der Waals surface area (Å²) < 4.78 is 0. The molecule has 0 spiro atoms. The molecule has 0 aliphatic carbocycles. The van der Waals surface area contributed by atoms with E-state index >= 15 is 0 Å². The summed E-state index contributed by atoms with van der Waals surface area (Å²) in [5, 5.41) is 17.4. The van der Waals surface area contributed by atoms with Gasteiger partial charge < -0.3 is 11.1 Å². The number of carbonyl (C=O) groups excluding carboxylic acids is 1. The average Bonchev–Trinajstić information content (AvgIpc) is 2.78. The summed E-state index contributed by atoms with van der Waals surface area (Å²) in [5.74, 6) is -0.349. The molecular weight excluding hydrogens is 230 g/mol. The van der Waals surface area contributed by atoms with Gasteiger partial charge in [0.2, 0.25) is 0 Å². The number of anilines is 2. The zero-order valence-electron chi connectivity index (χ0n) is 9.47. The van der Waals surface area contributed by atoms with Crippen LogP contribution in [-0.2, 0) is 6.42 Å². The lowest BCUT2D eigenvalue weighted by Gasteiger charge is -2.04. The number of amides is 1. The van der Waals surface area contributed by atoms with Crippen molar-refractivity contribution >= 4 is 17.3 Å². The molecule has 4 N–H and O–H groups in total. The molecule has 0 unspecified atom stereocenters. The maximum absolute atomic E-state index is 11.8. The molecule has 0 atom stereocenters. The Bertz CT molecular complexity index is 594. The Labute approximate surface area is 103 Å². The van der Waals surface area contributed by atoms with E-state index in [1.54, 1.807) is 24.3 Å². The minimum atomic E-state index is -0.349. The van der Waals surface area contributed by atoms with E-state index < -0.39 is 0 Å². The first-order valence-corrected chi connectivity index (χ1v) is 5.27. The molecule has 6 heteroatoms. The second-order valence-electron chi connectivity index (χ2n) is 3.69. The minimum Gasteiger partial charge on any atom is -0.396 e. The molecule has 0 saturated carbocycles. The van der Waals surface area contributed by atoms with Crippen LogP contribution in [0.1, 0.15) is 16.1 Å². The topological polar surface area (TPSA) is 108 Å². The number of hydrogen-bond donors (Lipinski definition) is 3. The third-order valence-electron chi connectivity index (χ3n) is 2.39. The first-order chi connectivity index (χ1) is 8.70. The summed E-state index contributed by atoms with van der Waals surface area (Å²) in [7, 11) is 0. The molecule has 18 heavy (non-hydrogen) atoms. The second kappa shape index (κ2) is 5.01. The van der Waals surface area contributed by atoms with Crippen molar-refractivity contribution in [2.75, 3.05) is 11.1 Å². The number of nitriles is 1. The Morgan fingerprint density at radius 1 is 1.44 bits per heavy atom. The van der Waals surface area contributed by atoms with Crippen molar-refractivity contribution in [3.05, 3.63) is 41.7 Å². The van der Waals surface area contributed by atoms with E-state index in [1.165, 1.54) is 6.20 Å². The van der Waals surface area contributed by atoms with Crippen LogP contribution < -0.4 is 11.1 Å². The van der Waals surface area contributed by atoms with Gasteiger partial charge in [0.25, 0.3) is 5.91 Å². The van der Waals surface area contributed by atoms with Gasteiger partial charge in [0.05, 0.1) is 24.4 Å². The van der Waals surface area contributed by atoms with Crippen molar-refractivity contribution in [3.8, 4) is 6.07 Å². The normalized spacial score (nSPS) is 9.72. The molecule has 6 nitrogen and oxygen atoms in total. The van der Waals surface area contributed by atoms with E-state index in [2.05, 4.69) is 21.6 Å². The molecule has 90 valence electrons. The maximum atomic E-state index is 11.8. The molecule has 0 radical (unpaired) electrons. The number of aromatic nitrogens is 2. The van der Waals surface area contributed by atoms with Crippen LogP contribution >= 0.6 is 0 Å². The third-order valence-corrected chi connectivity index (χ3v) is 2.39. The van der Waals surface area contributed by atoms with E-state index in [1.807, 2.05) is 0 Å². The van der Waals surface area contributed by atoms with Crippen LogP contribution in [-0.4, -0.2) is 16.1 Å². The quantitative estimate of drug-likeness (QED) is 0.752. The van der Waals surface area contributed by atoms with Crippen molar-refractivity contribution in [2.24, 2.45) is 0 Å². The van der Waals surface area contributed by atoms with Crippen molar-refractivity contribution in [1.82, 2.24) is 10.2 Å². The number of nitrogens with one attached hydrogen (secondary N) is 2. The van der Waals surface area contributed by atoms with Gasteiger partial charge in [-0.05, 0) is 17.7 Å². The number of H-pyrrole nitrogens is 1. The van der Waals surface area contributed by atoms with Crippen molar-refractivity contribution in [3.63, 3.8) is 0 Å². The van der Waals surface area contributed by atoms with Gasteiger partial charge in [0.15, 0.2) is 0 Å². The zero-order chi connectivity index (χ0) is 13.0. The highest BCUT2D eigenvalue weighted by Crippen LogP contribution is 2.13. The Hall–Kier alpha value is -2.81. The zero-order valence-corrected chi connectivity index (χ0v) is 9.47. The molecule has 1 aromatic carbocycles. The first-order valence-electron chi connectivity index (χ1n) is 5.27. The fourth-order valence-electron chi connectivity index (χ4n) is 1.47. The maximum Gasteiger partial charge on any atom is 0.275 e. The van der Waals surface area contributed by atoms with Gasteiger partial charge in [0.1, 0.15) is 5.69 Å². The molecule has 2 rings (SSSR count). The summed E-state index contributed by atoms with van der Waals surface area (Å²) in [4.78, 5) is 11.8. The second-order valence-corrected chi connectivity index (χ2v) is 3.69. The molecule has 0 aliphatic heterocycles. The number of nitrogens with zero attached hydrogens (tertiary/aromatic N) is 2. The molecule has 1 amide bonds. The SMILES string of the molecule is N#CCc1ccc(NC(=O)c2[nH]ncc2N)cc1. The van der Waals surface area contributed by atoms with Crippen LogP contribution in [0.4, 0.5) is 11.4 Å². The Balaban J connectivity index is 2.08. The molecule has 0 aliphatic rings. The monoisotopic (exact) mass is 241 g/mol. The highest BCUT2D eigenvalue weighted by Gasteiger charge is 2.11. The third kappa shape index (κ3) is 2.47.